The quantitative estimate of drug-likeness (QED) is 0.815. The van der Waals surface area contributed by atoms with Crippen LogP contribution in [0.25, 0.3) is 11.0 Å². The molecule has 3 rings (SSSR count). The third-order valence-electron chi connectivity index (χ3n) is 4.90. The molecule has 6 nitrogen and oxygen atoms in total. The molecule has 0 unspecified atom stereocenters. The number of carbonyl (C=O) groups is 1. The second kappa shape index (κ2) is 6.63. The highest BCUT2D eigenvalue weighted by atomic mass is 35.5. The Morgan fingerprint density at radius 1 is 1.32 bits per heavy atom. The molecule has 1 fully saturated rings. The largest absolute Gasteiger partial charge is 0.449 e. The van der Waals surface area contributed by atoms with Crippen LogP contribution in [-0.2, 0) is 10.0 Å². The van der Waals surface area contributed by atoms with Crippen LogP contribution in [0, 0.1) is 6.92 Å². The van der Waals surface area contributed by atoms with Gasteiger partial charge in [0.25, 0.3) is 5.91 Å². The van der Waals surface area contributed by atoms with Crippen molar-refractivity contribution in [2.75, 3.05) is 26.4 Å². The zero-order chi connectivity index (χ0) is 18.4. The van der Waals surface area contributed by atoms with E-state index in [0.717, 1.165) is 10.9 Å². The van der Waals surface area contributed by atoms with Gasteiger partial charge in [-0.05, 0) is 25.8 Å². The van der Waals surface area contributed by atoms with Gasteiger partial charge >= 0.3 is 0 Å². The van der Waals surface area contributed by atoms with Gasteiger partial charge in [0, 0.05) is 37.1 Å². The van der Waals surface area contributed by atoms with Crippen molar-refractivity contribution in [3.63, 3.8) is 0 Å². The second-order valence-electron chi connectivity index (χ2n) is 6.48. The van der Waals surface area contributed by atoms with Crippen LogP contribution in [0.5, 0.6) is 0 Å². The summed E-state index contributed by atoms with van der Waals surface area (Å²) in [6.45, 7) is 2.83. The normalized spacial score (nSPS) is 16.8. The molecule has 1 saturated heterocycles. The smallest absolute Gasteiger partial charge is 0.289 e. The fourth-order valence-electron chi connectivity index (χ4n) is 3.26. The SMILES string of the molecule is Cc1c(C(=O)N2CCC(N(C)S(C)(=O)=O)CC2)oc2c(Cl)cccc12. The Labute approximate surface area is 152 Å². The van der Waals surface area contributed by atoms with Gasteiger partial charge in [-0.25, -0.2) is 12.7 Å². The number of likely N-dealkylation sites (tertiary alicyclic amines) is 1. The Kier molecular flexibility index (Phi) is 4.83. The zero-order valence-corrected chi connectivity index (χ0v) is 16.0. The van der Waals surface area contributed by atoms with Gasteiger partial charge in [-0.3, -0.25) is 4.79 Å². The van der Waals surface area contributed by atoms with Gasteiger partial charge < -0.3 is 9.32 Å². The standard InChI is InChI=1S/C17H21ClN2O4S/c1-11-13-5-4-6-14(18)16(13)24-15(11)17(21)20-9-7-12(8-10-20)19(2)25(3,22)23/h4-6,12H,7-10H2,1-3H3. The summed E-state index contributed by atoms with van der Waals surface area (Å²) >= 11 is 6.15. The van der Waals surface area contributed by atoms with Gasteiger partial charge in [0.05, 0.1) is 11.3 Å². The van der Waals surface area contributed by atoms with Crippen molar-refractivity contribution in [1.29, 1.82) is 0 Å². The topological polar surface area (TPSA) is 70.8 Å². The molecule has 2 heterocycles. The van der Waals surface area contributed by atoms with Crippen LogP contribution in [-0.4, -0.2) is 56.0 Å². The number of nitrogens with zero attached hydrogens (tertiary/aromatic N) is 2. The number of piperidine rings is 1. The van der Waals surface area contributed by atoms with Crippen LogP contribution in [0.3, 0.4) is 0 Å². The van der Waals surface area contributed by atoms with E-state index in [2.05, 4.69) is 0 Å². The third kappa shape index (κ3) is 3.41. The molecule has 0 spiro atoms. The molecule has 8 heteroatoms. The van der Waals surface area contributed by atoms with Crippen molar-refractivity contribution < 1.29 is 17.6 Å². The van der Waals surface area contributed by atoms with E-state index in [1.165, 1.54) is 10.6 Å². The summed E-state index contributed by atoms with van der Waals surface area (Å²) in [5, 5.41) is 1.32. The van der Waals surface area contributed by atoms with Gasteiger partial charge in [0.2, 0.25) is 10.0 Å². The monoisotopic (exact) mass is 384 g/mol. The molecule has 0 atom stereocenters. The van der Waals surface area contributed by atoms with Crippen LogP contribution < -0.4 is 0 Å². The van der Waals surface area contributed by atoms with E-state index in [-0.39, 0.29) is 11.9 Å². The van der Waals surface area contributed by atoms with Gasteiger partial charge in [0.1, 0.15) is 0 Å². The van der Waals surface area contributed by atoms with Crippen molar-refractivity contribution >= 4 is 38.5 Å². The molecule has 2 aromatic rings. The maximum absolute atomic E-state index is 12.8. The van der Waals surface area contributed by atoms with Gasteiger partial charge in [0.15, 0.2) is 11.3 Å². The first-order chi connectivity index (χ1) is 11.7. The van der Waals surface area contributed by atoms with E-state index in [1.54, 1.807) is 18.0 Å². The number of benzene rings is 1. The van der Waals surface area contributed by atoms with E-state index in [4.69, 9.17) is 16.0 Å². The van der Waals surface area contributed by atoms with Crippen molar-refractivity contribution in [2.24, 2.45) is 0 Å². The summed E-state index contributed by atoms with van der Waals surface area (Å²) in [5.74, 6) is 0.128. The average Bonchev–Trinajstić information content (AvgIpc) is 2.91. The molecule has 1 aliphatic rings. The van der Waals surface area contributed by atoms with Gasteiger partial charge in [-0.15, -0.1) is 0 Å². The number of amides is 1. The number of sulfonamides is 1. The Hall–Kier alpha value is -1.57. The predicted molar refractivity (Wildman–Crippen MR) is 97.5 cm³/mol. The Balaban J connectivity index is 1.78. The van der Waals surface area contributed by atoms with E-state index in [0.29, 0.717) is 42.3 Å². The number of carbonyl (C=O) groups excluding carboxylic acids is 1. The van der Waals surface area contributed by atoms with Crippen molar-refractivity contribution in [3.05, 3.63) is 34.5 Å². The Morgan fingerprint density at radius 3 is 2.52 bits per heavy atom. The fourth-order valence-corrected chi connectivity index (χ4v) is 4.23. The van der Waals surface area contributed by atoms with Crippen LogP contribution in [0.1, 0.15) is 29.0 Å². The van der Waals surface area contributed by atoms with Gasteiger partial charge in [-0.2, -0.15) is 0 Å². The summed E-state index contributed by atoms with van der Waals surface area (Å²) in [5.41, 5.74) is 1.30. The molecular weight excluding hydrogens is 364 g/mol. The Bertz CT molecular complexity index is 914. The molecule has 0 radical (unpaired) electrons. The molecule has 0 saturated carbocycles. The lowest BCUT2D eigenvalue weighted by Gasteiger charge is -2.35. The van der Waals surface area contributed by atoms with E-state index >= 15 is 0 Å². The minimum absolute atomic E-state index is 0.0785. The summed E-state index contributed by atoms with van der Waals surface area (Å²) in [6, 6.07) is 5.36. The molecule has 1 aliphatic heterocycles. The number of hydrogen-bond acceptors (Lipinski definition) is 4. The number of aryl methyl sites for hydroxylation is 1. The average molecular weight is 385 g/mol. The number of rotatable bonds is 3. The first-order valence-corrected chi connectivity index (χ1v) is 10.3. The van der Waals surface area contributed by atoms with Crippen LogP contribution >= 0.6 is 11.6 Å². The van der Waals surface area contributed by atoms with Crippen molar-refractivity contribution in [1.82, 2.24) is 9.21 Å². The molecule has 25 heavy (non-hydrogen) atoms. The first kappa shape index (κ1) is 18.2. The first-order valence-electron chi connectivity index (χ1n) is 8.10. The van der Waals surface area contributed by atoms with E-state index in [9.17, 15) is 13.2 Å². The Morgan fingerprint density at radius 2 is 1.96 bits per heavy atom. The maximum Gasteiger partial charge on any atom is 0.289 e. The molecule has 136 valence electrons. The lowest BCUT2D eigenvalue weighted by molar-refractivity contribution is 0.0656. The molecule has 0 aliphatic carbocycles. The van der Waals surface area contributed by atoms with Crippen LogP contribution in [0.2, 0.25) is 5.02 Å². The maximum atomic E-state index is 12.8. The molecule has 1 aromatic carbocycles. The number of furan rings is 1. The molecule has 1 aromatic heterocycles. The van der Waals surface area contributed by atoms with Crippen LogP contribution in [0.15, 0.2) is 22.6 Å². The highest BCUT2D eigenvalue weighted by Gasteiger charge is 2.31. The van der Waals surface area contributed by atoms with Gasteiger partial charge in [-0.1, -0.05) is 23.7 Å². The lowest BCUT2D eigenvalue weighted by atomic mass is 10.0. The number of para-hydroxylation sites is 1. The third-order valence-corrected chi connectivity index (χ3v) is 6.54. The highest BCUT2D eigenvalue weighted by Crippen LogP contribution is 2.32. The highest BCUT2D eigenvalue weighted by molar-refractivity contribution is 7.88. The number of halogens is 1. The van der Waals surface area contributed by atoms with Crippen molar-refractivity contribution in [3.8, 4) is 0 Å². The zero-order valence-electron chi connectivity index (χ0n) is 14.5. The van der Waals surface area contributed by atoms with E-state index < -0.39 is 10.0 Å². The van der Waals surface area contributed by atoms with Crippen molar-refractivity contribution in [2.45, 2.75) is 25.8 Å². The molecule has 0 bridgehead atoms. The second-order valence-corrected chi connectivity index (χ2v) is 8.92. The molecular formula is C17H21ClN2O4S. The summed E-state index contributed by atoms with van der Waals surface area (Å²) in [7, 11) is -1.64. The van der Waals surface area contributed by atoms with Crippen LogP contribution in [0.4, 0.5) is 0 Å². The summed E-state index contributed by atoms with van der Waals surface area (Å²) < 4.78 is 30.5. The minimum atomic E-state index is -3.22. The summed E-state index contributed by atoms with van der Waals surface area (Å²) in [4.78, 5) is 14.5. The number of fused-ring (bicyclic) bond motifs is 1. The molecule has 0 N–H and O–H groups in total. The fraction of sp³-hybridized carbons (Fsp3) is 0.471. The lowest BCUT2D eigenvalue weighted by Crippen LogP contribution is -2.47. The summed E-state index contributed by atoms with van der Waals surface area (Å²) in [6.07, 6.45) is 2.41. The number of hydrogen-bond donors (Lipinski definition) is 0. The predicted octanol–water partition coefficient (Wildman–Crippen LogP) is 2.89. The molecule has 1 amide bonds. The van der Waals surface area contributed by atoms with E-state index in [1.807, 2.05) is 19.1 Å². The minimum Gasteiger partial charge on any atom is -0.449 e.